The lowest BCUT2D eigenvalue weighted by Gasteiger charge is -2.38. The van der Waals surface area contributed by atoms with Gasteiger partial charge in [-0.25, -0.2) is 0 Å². The fraction of sp³-hybridized carbons (Fsp3) is 1.00. The van der Waals surface area contributed by atoms with Crippen molar-refractivity contribution >= 4 is 0 Å². The molecule has 1 heterocycles. The lowest BCUT2D eigenvalue weighted by molar-refractivity contribution is 0.106. The van der Waals surface area contributed by atoms with E-state index in [1.54, 1.807) is 0 Å². The molecule has 0 amide bonds. The standard InChI is InChI=1S/C12H27N3O/c1-12(2,10-16)9-13-7-11-8-14(3)5-6-15(11)4/h11,13,16H,5-10H2,1-4H3. The zero-order chi connectivity index (χ0) is 12.2. The van der Waals surface area contributed by atoms with Gasteiger partial charge in [0.05, 0.1) is 0 Å². The number of nitrogens with zero attached hydrogens (tertiary/aromatic N) is 2. The van der Waals surface area contributed by atoms with Crippen molar-refractivity contribution in [1.29, 1.82) is 0 Å². The molecular formula is C12H27N3O. The Morgan fingerprint density at radius 2 is 2.00 bits per heavy atom. The molecule has 4 heteroatoms. The fourth-order valence-corrected chi connectivity index (χ4v) is 1.95. The molecule has 0 aromatic rings. The summed E-state index contributed by atoms with van der Waals surface area (Å²) in [4.78, 5) is 4.79. The normalized spacial score (nSPS) is 24.9. The molecule has 0 radical (unpaired) electrons. The summed E-state index contributed by atoms with van der Waals surface area (Å²) in [7, 11) is 4.37. The van der Waals surface area contributed by atoms with Gasteiger partial charge in [0, 0.05) is 50.8 Å². The van der Waals surface area contributed by atoms with Gasteiger partial charge in [0.25, 0.3) is 0 Å². The van der Waals surface area contributed by atoms with Gasteiger partial charge in [0.2, 0.25) is 0 Å². The molecule has 1 saturated heterocycles. The van der Waals surface area contributed by atoms with Gasteiger partial charge in [0.15, 0.2) is 0 Å². The molecule has 1 aliphatic rings. The van der Waals surface area contributed by atoms with Crippen LogP contribution in [0.15, 0.2) is 0 Å². The maximum atomic E-state index is 9.17. The Bertz CT molecular complexity index is 208. The van der Waals surface area contributed by atoms with Crippen molar-refractivity contribution in [2.24, 2.45) is 5.41 Å². The Morgan fingerprint density at radius 3 is 2.62 bits per heavy atom. The summed E-state index contributed by atoms with van der Waals surface area (Å²) in [5.41, 5.74) is -0.0147. The van der Waals surface area contributed by atoms with Gasteiger partial charge in [0.1, 0.15) is 0 Å². The van der Waals surface area contributed by atoms with Crippen LogP contribution in [0.1, 0.15) is 13.8 Å². The largest absolute Gasteiger partial charge is 0.396 e. The summed E-state index contributed by atoms with van der Waals surface area (Å²) in [6, 6.07) is 0.591. The number of nitrogens with one attached hydrogen (secondary N) is 1. The highest BCUT2D eigenvalue weighted by Crippen LogP contribution is 2.11. The van der Waals surface area contributed by atoms with Crippen molar-refractivity contribution in [2.75, 3.05) is 53.4 Å². The van der Waals surface area contributed by atoms with E-state index in [1.165, 1.54) is 0 Å². The molecule has 1 aliphatic heterocycles. The van der Waals surface area contributed by atoms with E-state index in [9.17, 15) is 0 Å². The number of aliphatic hydroxyl groups is 1. The van der Waals surface area contributed by atoms with Crippen LogP contribution < -0.4 is 5.32 Å². The predicted octanol–water partition coefficient (Wildman–Crippen LogP) is -0.160. The molecule has 0 aliphatic carbocycles. The van der Waals surface area contributed by atoms with Crippen molar-refractivity contribution in [3.63, 3.8) is 0 Å². The fourth-order valence-electron chi connectivity index (χ4n) is 1.95. The minimum atomic E-state index is -0.0147. The van der Waals surface area contributed by atoms with E-state index in [4.69, 9.17) is 5.11 Å². The quantitative estimate of drug-likeness (QED) is 0.687. The van der Waals surface area contributed by atoms with Crippen LogP contribution in [0.4, 0.5) is 0 Å². The number of piperazine rings is 1. The van der Waals surface area contributed by atoms with E-state index in [1.807, 2.05) is 0 Å². The van der Waals surface area contributed by atoms with Crippen molar-refractivity contribution in [2.45, 2.75) is 19.9 Å². The molecule has 1 rings (SSSR count). The molecule has 1 fully saturated rings. The van der Waals surface area contributed by atoms with Crippen LogP contribution in [0.25, 0.3) is 0 Å². The van der Waals surface area contributed by atoms with Crippen LogP contribution in [0, 0.1) is 5.41 Å². The van der Waals surface area contributed by atoms with Crippen LogP contribution in [-0.4, -0.2) is 74.4 Å². The Balaban J connectivity index is 2.26. The third-order valence-corrected chi connectivity index (χ3v) is 3.39. The van der Waals surface area contributed by atoms with Gasteiger partial charge in [-0.05, 0) is 14.1 Å². The summed E-state index contributed by atoms with van der Waals surface area (Å²) in [5.74, 6) is 0. The lowest BCUT2D eigenvalue weighted by Crippen LogP contribution is -2.54. The Hall–Kier alpha value is -0.160. The molecule has 16 heavy (non-hydrogen) atoms. The first-order chi connectivity index (χ1) is 7.44. The summed E-state index contributed by atoms with van der Waals surface area (Å²) in [6.07, 6.45) is 0. The third kappa shape index (κ3) is 4.37. The van der Waals surface area contributed by atoms with E-state index < -0.39 is 0 Å². The van der Waals surface area contributed by atoms with Crippen LogP contribution in [0.5, 0.6) is 0 Å². The topological polar surface area (TPSA) is 38.7 Å². The van der Waals surface area contributed by atoms with Crippen molar-refractivity contribution in [1.82, 2.24) is 15.1 Å². The maximum Gasteiger partial charge on any atom is 0.0494 e. The van der Waals surface area contributed by atoms with Gasteiger partial charge in [-0.1, -0.05) is 13.8 Å². The number of hydrogen-bond donors (Lipinski definition) is 2. The van der Waals surface area contributed by atoms with Crippen LogP contribution in [0.3, 0.4) is 0 Å². The van der Waals surface area contributed by atoms with Gasteiger partial charge in [-0.2, -0.15) is 0 Å². The van der Waals surface area contributed by atoms with Gasteiger partial charge in [-0.15, -0.1) is 0 Å². The highest BCUT2D eigenvalue weighted by atomic mass is 16.3. The van der Waals surface area contributed by atoms with Crippen LogP contribution in [0.2, 0.25) is 0 Å². The van der Waals surface area contributed by atoms with E-state index in [-0.39, 0.29) is 12.0 Å². The van der Waals surface area contributed by atoms with E-state index in [2.05, 4.69) is 43.1 Å². The maximum absolute atomic E-state index is 9.17. The lowest BCUT2D eigenvalue weighted by atomic mass is 9.95. The first-order valence-electron chi connectivity index (χ1n) is 6.15. The summed E-state index contributed by atoms with van der Waals surface area (Å²) < 4.78 is 0. The number of likely N-dealkylation sites (N-methyl/N-ethyl adjacent to an activating group) is 2. The molecular weight excluding hydrogens is 202 g/mol. The molecule has 1 unspecified atom stereocenters. The van der Waals surface area contributed by atoms with E-state index in [0.29, 0.717) is 6.04 Å². The summed E-state index contributed by atoms with van der Waals surface area (Å²) in [6.45, 7) is 9.71. The molecule has 4 nitrogen and oxygen atoms in total. The van der Waals surface area contributed by atoms with E-state index >= 15 is 0 Å². The molecule has 0 saturated carbocycles. The Morgan fingerprint density at radius 1 is 1.31 bits per heavy atom. The molecule has 2 N–H and O–H groups in total. The number of hydrogen-bond acceptors (Lipinski definition) is 4. The monoisotopic (exact) mass is 229 g/mol. The Kier molecular flexibility index (Phi) is 5.18. The number of rotatable bonds is 5. The first kappa shape index (κ1) is 13.9. The van der Waals surface area contributed by atoms with Crippen molar-refractivity contribution in [3.05, 3.63) is 0 Å². The molecule has 0 aromatic heterocycles. The second-order valence-corrected chi connectivity index (χ2v) is 5.85. The average molecular weight is 229 g/mol. The summed E-state index contributed by atoms with van der Waals surface area (Å²) in [5, 5.41) is 12.6. The average Bonchev–Trinajstić information content (AvgIpc) is 2.23. The molecule has 0 spiro atoms. The predicted molar refractivity (Wildman–Crippen MR) is 67.7 cm³/mol. The SMILES string of the molecule is CN1CCN(C)C(CNCC(C)(C)CO)C1. The second kappa shape index (κ2) is 5.96. The van der Waals surface area contributed by atoms with Gasteiger partial charge >= 0.3 is 0 Å². The smallest absolute Gasteiger partial charge is 0.0494 e. The molecule has 0 aromatic carbocycles. The third-order valence-electron chi connectivity index (χ3n) is 3.39. The molecule has 1 atom stereocenters. The van der Waals surface area contributed by atoms with Gasteiger partial charge < -0.3 is 15.3 Å². The highest BCUT2D eigenvalue weighted by Gasteiger charge is 2.23. The molecule has 96 valence electrons. The zero-order valence-electron chi connectivity index (χ0n) is 11.2. The minimum absolute atomic E-state index is 0.0147. The van der Waals surface area contributed by atoms with Crippen molar-refractivity contribution in [3.8, 4) is 0 Å². The van der Waals surface area contributed by atoms with Gasteiger partial charge in [-0.3, -0.25) is 4.90 Å². The zero-order valence-corrected chi connectivity index (χ0v) is 11.2. The number of aliphatic hydroxyl groups excluding tert-OH is 1. The first-order valence-corrected chi connectivity index (χ1v) is 6.15. The Labute approximate surface area is 99.6 Å². The van der Waals surface area contributed by atoms with Crippen LogP contribution in [-0.2, 0) is 0 Å². The van der Waals surface area contributed by atoms with Crippen molar-refractivity contribution < 1.29 is 5.11 Å². The van der Waals surface area contributed by atoms with Crippen LogP contribution >= 0.6 is 0 Å². The molecule has 0 bridgehead atoms. The van der Waals surface area contributed by atoms with E-state index in [0.717, 1.165) is 32.7 Å². The second-order valence-electron chi connectivity index (χ2n) is 5.85. The highest BCUT2D eigenvalue weighted by molar-refractivity contribution is 4.81. The minimum Gasteiger partial charge on any atom is -0.396 e. The summed E-state index contributed by atoms with van der Waals surface area (Å²) >= 11 is 0.